The Morgan fingerprint density at radius 1 is 1.42 bits per heavy atom. The molecule has 2 unspecified atom stereocenters. The maximum Gasteiger partial charge on any atom is 0.246 e. The quantitative estimate of drug-likeness (QED) is 0.836. The summed E-state index contributed by atoms with van der Waals surface area (Å²) in [4.78, 5) is 26.1. The van der Waals surface area contributed by atoms with Gasteiger partial charge in [0.1, 0.15) is 12.1 Å². The molecule has 6 nitrogen and oxygen atoms in total. The van der Waals surface area contributed by atoms with Crippen LogP contribution in [0.3, 0.4) is 0 Å². The molecule has 1 saturated heterocycles. The summed E-state index contributed by atoms with van der Waals surface area (Å²) in [5.74, 6) is 0.294. The molecule has 6 heteroatoms. The number of hydrogen-bond donors (Lipinski definition) is 1. The van der Waals surface area contributed by atoms with Crippen LogP contribution in [0.15, 0.2) is 12.3 Å². The molecular weight excluding hydrogens is 244 g/mol. The lowest BCUT2D eigenvalue weighted by atomic mass is 10.0. The zero-order valence-corrected chi connectivity index (χ0v) is 11.2. The van der Waals surface area contributed by atoms with Gasteiger partial charge in [-0.3, -0.25) is 14.3 Å². The van der Waals surface area contributed by atoms with Gasteiger partial charge >= 0.3 is 0 Å². The molecule has 19 heavy (non-hydrogen) atoms. The summed E-state index contributed by atoms with van der Waals surface area (Å²) in [6.07, 6.45) is 3.90. The van der Waals surface area contributed by atoms with E-state index in [0.29, 0.717) is 12.5 Å². The lowest BCUT2D eigenvalue weighted by Gasteiger charge is -2.37. The molecule has 1 N–H and O–H groups in total. The monoisotopic (exact) mass is 262 g/mol. The molecule has 2 heterocycles. The average molecular weight is 262 g/mol. The van der Waals surface area contributed by atoms with Crippen LogP contribution >= 0.6 is 0 Å². The van der Waals surface area contributed by atoms with E-state index in [1.807, 2.05) is 19.3 Å². The molecule has 0 aromatic carbocycles. The summed E-state index contributed by atoms with van der Waals surface area (Å²) in [7, 11) is 1.84. The number of nitrogens with one attached hydrogen (secondary N) is 1. The van der Waals surface area contributed by atoms with Gasteiger partial charge in [0.25, 0.3) is 0 Å². The Hall–Kier alpha value is -1.85. The fourth-order valence-electron chi connectivity index (χ4n) is 2.53. The van der Waals surface area contributed by atoms with Gasteiger partial charge in [-0.15, -0.1) is 0 Å². The molecule has 2 atom stereocenters. The molecule has 1 aromatic rings. The molecule has 2 amide bonds. The minimum Gasteiger partial charge on any atom is -0.342 e. The van der Waals surface area contributed by atoms with Crippen molar-refractivity contribution in [1.29, 1.82) is 0 Å². The topological polar surface area (TPSA) is 67.2 Å². The van der Waals surface area contributed by atoms with Crippen molar-refractivity contribution in [1.82, 2.24) is 20.0 Å². The van der Waals surface area contributed by atoms with E-state index in [9.17, 15) is 9.59 Å². The fraction of sp³-hybridized carbons (Fsp3) is 0.615. The normalized spacial score (nSPS) is 27.6. The first-order valence-electron chi connectivity index (χ1n) is 6.65. The van der Waals surface area contributed by atoms with E-state index in [0.717, 1.165) is 18.5 Å². The van der Waals surface area contributed by atoms with Crippen molar-refractivity contribution in [2.24, 2.45) is 13.0 Å². The second-order valence-electron chi connectivity index (χ2n) is 5.45. The van der Waals surface area contributed by atoms with Gasteiger partial charge < -0.3 is 10.2 Å². The Morgan fingerprint density at radius 3 is 2.74 bits per heavy atom. The first-order valence-corrected chi connectivity index (χ1v) is 6.65. The number of aryl methyl sites for hydroxylation is 1. The van der Waals surface area contributed by atoms with Gasteiger partial charge in [-0.25, -0.2) is 0 Å². The van der Waals surface area contributed by atoms with Crippen molar-refractivity contribution in [2.45, 2.75) is 38.4 Å². The van der Waals surface area contributed by atoms with Crippen molar-refractivity contribution < 1.29 is 9.59 Å². The van der Waals surface area contributed by atoms with E-state index in [2.05, 4.69) is 10.4 Å². The highest BCUT2D eigenvalue weighted by Gasteiger charge is 2.45. The molecule has 1 aliphatic carbocycles. The Morgan fingerprint density at radius 2 is 2.16 bits per heavy atom. The van der Waals surface area contributed by atoms with Crippen molar-refractivity contribution in [3.8, 4) is 0 Å². The first kappa shape index (κ1) is 12.2. The fourth-order valence-corrected chi connectivity index (χ4v) is 2.53. The van der Waals surface area contributed by atoms with Gasteiger partial charge in [0.15, 0.2) is 0 Å². The second-order valence-corrected chi connectivity index (χ2v) is 5.45. The van der Waals surface area contributed by atoms with Crippen LogP contribution in [-0.2, 0) is 23.2 Å². The number of rotatable bonds is 3. The minimum atomic E-state index is -0.426. The molecule has 102 valence electrons. The molecule has 1 aliphatic heterocycles. The van der Waals surface area contributed by atoms with E-state index in [1.54, 1.807) is 16.5 Å². The Balaban J connectivity index is 1.80. The van der Waals surface area contributed by atoms with Gasteiger partial charge in [-0.2, -0.15) is 5.10 Å². The SMILES string of the molecule is CC1C(=O)NC(C2CC2)C(=O)N1Cc1ccn(C)n1. The largest absolute Gasteiger partial charge is 0.342 e. The van der Waals surface area contributed by atoms with Crippen LogP contribution in [0.25, 0.3) is 0 Å². The number of carbonyl (C=O) groups is 2. The van der Waals surface area contributed by atoms with Crippen LogP contribution < -0.4 is 5.32 Å². The van der Waals surface area contributed by atoms with Crippen LogP contribution in [0.5, 0.6) is 0 Å². The number of hydrogen-bond acceptors (Lipinski definition) is 3. The molecule has 1 saturated carbocycles. The average Bonchev–Trinajstić information content (AvgIpc) is 3.13. The minimum absolute atomic E-state index is 0.0280. The highest BCUT2D eigenvalue weighted by Crippen LogP contribution is 2.35. The van der Waals surface area contributed by atoms with E-state index in [4.69, 9.17) is 0 Å². The molecule has 3 rings (SSSR count). The smallest absolute Gasteiger partial charge is 0.246 e. The van der Waals surface area contributed by atoms with E-state index < -0.39 is 6.04 Å². The molecule has 2 aliphatic rings. The Kier molecular flexibility index (Phi) is 2.80. The van der Waals surface area contributed by atoms with Gasteiger partial charge in [0.05, 0.1) is 12.2 Å². The lowest BCUT2D eigenvalue weighted by Crippen LogP contribution is -2.62. The Labute approximate surface area is 111 Å². The summed E-state index contributed by atoms with van der Waals surface area (Å²) in [5, 5.41) is 7.12. The van der Waals surface area contributed by atoms with Gasteiger partial charge in [-0.05, 0) is 31.7 Å². The van der Waals surface area contributed by atoms with Gasteiger partial charge in [0.2, 0.25) is 11.8 Å². The standard InChI is InChI=1S/C13H18N4O2/c1-8-12(18)14-11(9-3-4-9)13(19)17(8)7-10-5-6-16(2)15-10/h5-6,8-9,11H,3-4,7H2,1-2H3,(H,14,18). The lowest BCUT2D eigenvalue weighted by molar-refractivity contribution is -0.150. The van der Waals surface area contributed by atoms with Crippen LogP contribution in [0.4, 0.5) is 0 Å². The molecule has 0 spiro atoms. The molecular formula is C13H18N4O2. The van der Waals surface area contributed by atoms with Crippen LogP contribution in [0.2, 0.25) is 0 Å². The highest BCUT2D eigenvalue weighted by molar-refractivity contribution is 5.97. The van der Waals surface area contributed by atoms with Crippen molar-refractivity contribution in [3.63, 3.8) is 0 Å². The third-order valence-corrected chi connectivity index (χ3v) is 3.89. The number of amides is 2. The first-order chi connectivity index (χ1) is 9.06. The third kappa shape index (κ3) is 2.22. The predicted molar refractivity (Wildman–Crippen MR) is 67.9 cm³/mol. The molecule has 0 radical (unpaired) electrons. The molecule has 2 fully saturated rings. The zero-order valence-electron chi connectivity index (χ0n) is 11.2. The third-order valence-electron chi connectivity index (χ3n) is 3.89. The van der Waals surface area contributed by atoms with Gasteiger partial charge in [-0.1, -0.05) is 0 Å². The van der Waals surface area contributed by atoms with Gasteiger partial charge in [0, 0.05) is 13.2 Å². The summed E-state index contributed by atoms with van der Waals surface area (Å²) in [6.45, 7) is 2.16. The van der Waals surface area contributed by atoms with Crippen molar-refractivity contribution >= 4 is 11.8 Å². The van der Waals surface area contributed by atoms with Crippen LogP contribution in [-0.4, -0.2) is 38.6 Å². The molecule has 1 aromatic heterocycles. The van der Waals surface area contributed by atoms with Crippen molar-refractivity contribution in [2.75, 3.05) is 0 Å². The van der Waals surface area contributed by atoms with E-state index in [1.165, 1.54) is 0 Å². The number of aromatic nitrogens is 2. The van der Waals surface area contributed by atoms with Crippen LogP contribution in [0, 0.1) is 5.92 Å². The summed E-state index contributed by atoms with van der Waals surface area (Å²) < 4.78 is 1.70. The predicted octanol–water partition coefficient (Wildman–Crippen LogP) is 0.0456. The zero-order chi connectivity index (χ0) is 13.6. The summed E-state index contributed by atoms with van der Waals surface area (Å²) in [5.41, 5.74) is 0.812. The maximum atomic E-state index is 12.5. The highest BCUT2D eigenvalue weighted by atomic mass is 16.2. The number of carbonyl (C=O) groups excluding carboxylic acids is 2. The molecule has 0 bridgehead atoms. The van der Waals surface area contributed by atoms with Crippen LogP contribution in [0.1, 0.15) is 25.5 Å². The summed E-state index contributed by atoms with van der Waals surface area (Å²) in [6, 6.07) is 1.12. The Bertz CT molecular complexity index is 520. The van der Waals surface area contributed by atoms with E-state index >= 15 is 0 Å². The summed E-state index contributed by atoms with van der Waals surface area (Å²) >= 11 is 0. The van der Waals surface area contributed by atoms with E-state index in [-0.39, 0.29) is 17.9 Å². The van der Waals surface area contributed by atoms with Crippen molar-refractivity contribution in [3.05, 3.63) is 18.0 Å². The maximum absolute atomic E-state index is 12.5. The number of nitrogens with zero attached hydrogens (tertiary/aromatic N) is 3. The second kappa shape index (κ2) is 4.36. The number of piperazine rings is 1.